The molecule has 0 N–H and O–H groups in total. The minimum Gasteiger partial charge on any atom is -0.465 e. The largest absolute Gasteiger partial charge is 0.465 e. The summed E-state index contributed by atoms with van der Waals surface area (Å²) in [4.78, 5) is 23.8. The Morgan fingerprint density at radius 3 is 2.68 bits per heavy atom. The summed E-state index contributed by atoms with van der Waals surface area (Å²) in [6.45, 7) is 5.61. The minimum atomic E-state index is -0.912. The average molecular weight is 260 g/mol. The highest BCUT2D eigenvalue weighted by Gasteiger charge is 2.49. The van der Waals surface area contributed by atoms with Crippen molar-refractivity contribution >= 4 is 11.9 Å². The maximum atomic E-state index is 11.9. The van der Waals surface area contributed by atoms with E-state index in [0.717, 1.165) is 5.56 Å². The molecule has 0 saturated carbocycles. The molecule has 0 spiro atoms. The number of hydrogen-bond acceptors (Lipinski definition) is 4. The summed E-state index contributed by atoms with van der Waals surface area (Å²) in [5.74, 6) is -2.36. The average Bonchev–Trinajstić information content (AvgIpc) is 2.77. The van der Waals surface area contributed by atoms with Crippen LogP contribution in [0.2, 0.25) is 0 Å². The zero-order chi connectivity index (χ0) is 13.8. The van der Waals surface area contributed by atoms with Crippen molar-refractivity contribution in [3.05, 3.63) is 48.6 Å². The molecule has 2 rings (SSSR count). The van der Waals surface area contributed by atoms with Gasteiger partial charge >= 0.3 is 11.9 Å². The highest BCUT2D eigenvalue weighted by Crippen LogP contribution is 2.38. The van der Waals surface area contributed by atoms with Gasteiger partial charge in [0.25, 0.3) is 0 Å². The summed E-state index contributed by atoms with van der Waals surface area (Å²) in [6, 6.07) is 9.34. The third-order valence-electron chi connectivity index (χ3n) is 3.18. The van der Waals surface area contributed by atoms with E-state index >= 15 is 0 Å². The van der Waals surface area contributed by atoms with Crippen LogP contribution in [0.3, 0.4) is 0 Å². The van der Waals surface area contributed by atoms with Crippen molar-refractivity contribution in [3.8, 4) is 0 Å². The lowest BCUT2D eigenvalue weighted by Gasteiger charge is -2.18. The van der Waals surface area contributed by atoms with Gasteiger partial charge in [-0.25, -0.2) is 0 Å². The minimum absolute atomic E-state index is 0.239. The molecular weight excluding hydrogens is 244 g/mol. The van der Waals surface area contributed by atoms with Crippen LogP contribution in [0.5, 0.6) is 0 Å². The Labute approximate surface area is 112 Å². The molecule has 0 bridgehead atoms. The van der Waals surface area contributed by atoms with Crippen LogP contribution in [0.1, 0.15) is 18.4 Å². The molecule has 4 heteroatoms. The monoisotopic (exact) mass is 260 g/mol. The summed E-state index contributed by atoms with van der Waals surface area (Å²) in [5.41, 5.74) is 0.872. The van der Waals surface area contributed by atoms with Gasteiger partial charge in [0.1, 0.15) is 6.10 Å². The fraction of sp³-hybridized carbons (Fsp3) is 0.333. The van der Waals surface area contributed by atoms with Crippen molar-refractivity contribution in [2.24, 2.45) is 5.92 Å². The topological polar surface area (TPSA) is 52.6 Å². The summed E-state index contributed by atoms with van der Waals surface area (Å²) in [5, 5.41) is 0. The van der Waals surface area contributed by atoms with Gasteiger partial charge in [-0.15, -0.1) is 0 Å². The van der Waals surface area contributed by atoms with Gasteiger partial charge in [-0.3, -0.25) is 9.59 Å². The van der Waals surface area contributed by atoms with Crippen molar-refractivity contribution in [3.63, 3.8) is 0 Å². The third-order valence-corrected chi connectivity index (χ3v) is 3.18. The normalized spacial score (nSPS) is 25.7. The molecule has 0 amide bonds. The predicted octanol–water partition coefficient (Wildman–Crippen LogP) is 2.06. The highest BCUT2D eigenvalue weighted by atomic mass is 16.6. The molecule has 0 aromatic heterocycles. The number of cyclic esters (lactones) is 1. The molecule has 1 aliphatic heterocycles. The second-order valence-electron chi connectivity index (χ2n) is 4.30. The Kier molecular flexibility index (Phi) is 4.00. The number of benzene rings is 1. The summed E-state index contributed by atoms with van der Waals surface area (Å²) >= 11 is 0. The smallest absolute Gasteiger partial charge is 0.321 e. The lowest BCUT2D eigenvalue weighted by molar-refractivity contribution is -0.156. The molecule has 1 fully saturated rings. The number of carbonyl (C=O) groups is 2. The van der Waals surface area contributed by atoms with E-state index in [2.05, 4.69) is 6.58 Å². The number of esters is 2. The molecule has 0 unspecified atom stereocenters. The third kappa shape index (κ3) is 2.52. The molecule has 3 atom stereocenters. The van der Waals surface area contributed by atoms with Crippen LogP contribution in [0.4, 0.5) is 0 Å². The van der Waals surface area contributed by atoms with Crippen molar-refractivity contribution in [1.29, 1.82) is 0 Å². The number of ether oxygens (including phenoxy) is 2. The molecule has 1 aliphatic rings. The zero-order valence-electron chi connectivity index (χ0n) is 10.7. The summed E-state index contributed by atoms with van der Waals surface area (Å²) in [6.07, 6.45) is 1.05. The van der Waals surface area contributed by atoms with Gasteiger partial charge in [0.05, 0.1) is 6.61 Å². The fourth-order valence-corrected chi connectivity index (χ4v) is 2.34. The van der Waals surface area contributed by atoms with Gasteiger partial charge in [0.15, 0.2) is 5.92 Å². The molecule has 100 valence electrons. The fourth-order valence-electron chi connectivity index (χ4n) is 2.34. The molecule has 4 nitrogen and oxygen atoms in total. The Morgan fingerprint density at radius 1 is 1.42 bits per heavy atom. The molecule has 1 heterocycles. The van der Waals surface area contributed by atoms with E-state index in [1.807, 2.05) is 30.3 Å². The van der Waals surface area contributed by atoms with Crippen LogP contribution in [0.15, 0.2) is 43.0 Å². The zero-order valence-corrected chi connectivity index (χ0v) is 10.7. The lowest BCUT2D eigenvalue weighted by Crippen LogP contribution is -2.27. The Hall–Kier alpha value is -2.10. The highest BCUT2D eigenvalue weighted by molar-refractivity contribution is 5.98. The Bertz CT molecular complexity index is 480. The number of hydrogen-bond donors (Lipinski definition) is 0. The number of carbonyl (C=O) groups excluding carboxylic acids is 2. The van der Waals surface area contributed by atoms with E-state index < -0.39 is 24.0 Å². The van der Waals surface area contributed by atoms with Crippen LogP contribution >= 0.6 is 0 Å². The van der Waals surface area contributed by atoms with E-state index in [-0.39, 0.29) is 12.5 Å². The van der Waals surface area contributed by atoms with Gasteiger partial charge in [0.2, 0.25) is 0 Å². The van der Waals surface area contributed by atoms with E-state index in [0.29, 0.717) is 0 Å². The first kappa shape index (κ1) is 13.3. The molecule has 19 heavy (non-hydrogen) atoms. The number of rotatable bonds is 4. The molecule has 0 radical (unpaired) electrons. The lowest BCUT2D eigenvalue weighted by atomic mass is 9.84. The van der Waals surface area contributed by atoms with Gasteiger partial charge < -0.3 is 9.47 Å². The van der Waals surface area contributed by atoms with Gasteiger partial charge in [-0.05, 0) is 12.5 Å². The van der Waals surface area contributed by atoms with E-state index in [1.165, 1.54) is 0 Å². The second-order valence-corrected chi connectivity index (χ2v) is 4.30. The van der Waals surface area contributed by atoms with Crippen LogP contribution in [0.25, 0.3) is 0 Å². The van der Waals surface area contributed by atoms with Gasteiger partial charge in [0, 0.05) is 5.92 Å². The first-order valence-corrected chi connectivity index (χ1v) is 6.23. The second kappa shape index (κ2) is 5.69. The van der Waals surface area contributed by atoms with Crippen molar-refractivity contribution in [2.75, 3.05) is 6.61 Å². The first-order chi connectivity index (χ1) is 9.19. The summed E-state index contributed by atoms with van der Waals surface area (Å²) in [7, 11) is 0. The van der Waals surface area contributed by atoms with Gasteiger partial charge in [-0.1, -0.05) is 43.0 Å². The van der Waals surface area contributed by atoms with Gasteiger partial charge in [-0.2, -0.15) is 0 Å². The maximum absolute atomic E-state index is 11.9. The maximum Gasteiger partial charge on any atom is 0.321 e. The van der Waals surface area contributed by atoms with Crippen LogP contribution in [0, 0.1) is 5.92 Å². The van der Waals surface area contributed by atoms with E-state index in [4.69, 9.17) is 9.47 Å². The van der Waals surface area contributed by atoms with Crippen LogP contribution < -0.4 is 0 Å². The van der Waals surface area contributed by atoms with Crippen molar-refractivity contribution in [2.45, 2.75) is 18.9 Å². The quantitative estimate of drug-likeness (QED) is 0.472. The van der Waals surface area contributed by atoms with E-state index in [1.54, 1.807) is 13.0 Å². The first-order valence-electron chi connectivity index (χ1n) is 6.23. The molecule has 1 saturated heterocycles. The van der Waals surface area contributed by atoms with Crippen LogP contribution in [-0.2, 0) is 19.1 Å². The Morgan fingerprint density at radius 2 is 2.11 bits per heavy atom. The molecular formula is C15H16O4. The van der Waals surface area contributed by atoms with Crippen LogP contribution in [-0.4, -0.2) is 24.6 Å². The Balaban J connectivity index is 2.36. The molecule has 1 aromatic carbocycles. The molecule has 1 aromatic rings. The predicted molar refractivity (Wildman–Crippen MR) is 69.4 cm³/mol. The standard InChI is InChI=1S/C15H16O4/c1-3-11-12(10-8-6-5-7-9-10)13(15(17)19-11)14(16)18-4-2/h3,5-9,11-13H,1,4H2,2H3/t11-,12-,13-/m1/s1. The molecule has 0 aliphatic carbocycles. The van der Waals surface area contributed by atoms with E-state index in [9.17, 15) is 9.59 Å². The SMILES string of the molecule is C=C[C@H]1OC(=O)[C@@H](C(=O)OCC)[C@@H]1c1ccccc1. The summed E-state index contributed by atoms with van der Waals surface area (Å²) < 4.78 is 10.2. The van der Waals surface area contributed by atoms with Crippen molar-refractivity contribution < 1.29 is 19.1 Å². The van der Waals surface area contributed by atoms with Crippen molar-refractivity contribution in [1.82, 2.24) is 0 Å².